The second-order valence-electron chi connectivity index (χ2n) is 4.36. The molecule has 1 aromatic carbocycles. The molecule has 106 valence electrons. The molecule has 3 rings (SSSR count). The van der Waals surface area contributed by atoms with Gasteiger partial charge in [-0.3, -0.25) is 0 Å². The average molecular weight is 283 g/mol. The number of furan rings is 1. The van der Waals surface area contributed by atoms with E-state index in [2.05, 4.69) is 9.97 Å². The molecule has 0 atom stereocenters. The highest BCUT2D eigenvalue weighted by Gasteiger charge is 2.16. The number of nitrogens with two attached hydrogens (primary N) is 1. The molecule has 0 unspecified atom stereocenters. The smallest absolute Gasteiger partial charge is 0.343 e. The van der Waals surface area contributed by atoms with Crippen LogP contribution in [0.2, 0.25) is 0 Å². The lowest BCUT2D eigenvalue weighted by Crippen LogP contribution is -2.10. The van der Waals surface area contributed by atoms with Gasteiger partial charge in [0.1, 0.15) is 23.2 Å². The van der Waals surface area contributed by atoms with Crippen LogP contribution in [0.4, 0.5) is 5.82 Å². The molecule has 21 heavy (non-hydrogen) atoms. The minimum Gasteiger partial charge on any atom is -0.464 e. The van der Waals surface area contributed by atoms with E-state index in [0.29, 0.717) is 5.82 Å². The fourth-order valence-electron chi connectivity index (χ4n) is 2.04. The van der Waals surface area contributed by atoms with Crippen LogP contribution in [-0.4, -0.2) is 22.5 Å². The van der Waals surface area contributed by atoms with Crippen LogP contribution in [0, 0.1) is 0 Å². The van der Waals surface area contributed by atoms with Crippen LogP contribution in [0.15, 0.2) is 41.1 Å². The molecule has 2 N–H and O–H groups in total. The normalized spacial score (nSPS) is 10.7. The molecule has 6 nitrogen and oxygen atoms in total. The minimum atomic E-state index is -0.529. The molecule has 0 radical (unpaired) electrons. The molecule has 2 aromatic heterocycles. The maximum Gasteiger partial charge on any atom is 0.343 e. The van der Waals surface area contributed by atoms with Crippen molar-refractivity contribution in [1.29, 1.82) is 0 Å². The quantitative estimate of drug-likeness (QED) is 0.743. The predicted octanol–water partition coefficient (Wildman–Crippen LogP) is 2.65. The summed E-state index contributed by atoms with van der Waals surface area (Å²) in [6.07, 6.45) is 2.95. The Balaban J connectivity index is 2.04. The Labute approximate surface area is 120 Å². The standard InChI is InChI=1S/C15H13N3O3/c1-2-20-15(19)10-7-17-14(18-13(10)16)11-8-21-12-6-4-3-5-9(11)12/h3-8H,2H2,1H3,(H2,16,17,18). The number of esters is 1. The highest BCUT2D eigenvalue weighted by atomic mass is 16.5. The molecule has 6 heteroatoms. The lowest BCUT2D eigenvalue weighted by Gasteiger charge is -2.05. The summed E-state index contributed by atoms with van der Waals surface area (Å²) in [4.78, 5) is 20.0. The third kappa shape index (κ3) is 2.31. The van der Waals surface area contributed by atoms with Gasteiger partial charge >= 0.3 is 5.97 Å². The van der Waals surface area contributed by atoms with Gasteiger partial charge in [-0.05, 0) is 13.0 Å². The summed E-state index contributed by atoms with van der Waals surface area (Å²) in [6.45, 7) is 1.99. The topological polar surface area (TPSA) is 91.2 Å². The number of ether oxygens (including phenoxy) is 1. The Morgan fingerprint density at radius 3 is 2.95 bits per heavy atom. The van der Waals surface area contributed by atoms with Crippen LogP contribution in [-0.2, 0) is 4.74 Å². The van der Waals surface area contributed by atoms with Gasteiger partial charge in [-0.1, -0.05) is 18.2 Å². The van der Waals surface area contributed by atoms with E-state index in [0.717, 1.165) is 16.5 Å². The zero-order valence-corrected chi connectivity index (χ0v) is 11.4. The Kier molecular flexibility index (Phi) is 3.27. The molecular formula is C15H13N3O3. The highest BCUT2D eigenvalue weighted by Crippen LogP contribution is 2.28. The average Bonchev–Trinajstić information content (AvgIpc) is 2.91. The van der Waals surface area contributed by atoms with Gasteiger partial charge in [0.2, 0.25) is 0 Å². The van der Waals surface area contributed by atoms with Gasteiger partial charge in [-0.2, -0.15) is 0 Å². The Bertz CT molecular complexity index is 811. The molecule has 0 saturated carbocycles. The van der Waals surface area contributed by atoms with Crippen LogP contribution in [0.1, 0.15) is 17.3 Å². The molecule has 0 bridgehead atoms. The number of benzene rings is 1. The first-order chi connectivity index (χ1) is 10.2. The second-order valence-corrected chi connectivity index (χ2v) is 4.36. The monoisotopic (exact) mass is 283 g/mol. The third-order valence-electron chi connectivity index (χ3n) is 3.04. The summed E-state index contributed by atoms with van der Waals surface area (Å²) in [7, 11) is 0. The fraction of sp³-hybridized carbons (Fsp3) is 0.133. The van der Waals surface area contributed by atoms with Crippen molar-refractivity contribution >= 4 is 22.8 Å². The zero-order chi connectivity index (χ0) is 14.8. The van der Waals surface area contributed by atoms with Crippen LogP contribution in [0.25, 0.3) is 22.4 Å². The van der Waals surface area contributed by atoms with Gasteiger partial charge in [0.05, 0.1) is 12.2 Å². The summed E-state index contributed by atoms with van der Waals surface area (Å²) in [5.41, 5.74) is 7.45. The maximum absolute atomic E-state index is 11.7. The SMILES string of the molecule is CCOC(=O)c1cnc(-c2coc3ccccc23)nc1N. The van der Waals surface area contributed by atoms with E-state index in [1.165, 1.54) is 6.20 Å². The first kappa shape index (κ1) is 13.1. The van der Waals surface area contributed by atoms with Crippen LogP contribution in [0.5, 0.6) is 0 Å². The zero-order valence-electron chi connectivity index (χ0n) is 11.4. The Hall–Kier alpha value is -2.89. The van der Waals surface area contributed by atoms with Gasteiger partial charge in [-0.15, -0.1) is 0 Å². The molecule has 3 aromatic rings. The van der Waals surface area contributed by atoms with Gasteiger partial charge in [0.25, 0.3) is 0 Å². The van der Waals surface area contributed by atoms with Crippen molar-refractivity contribution in [2.45, 2.75) is 6.92 Å². The Morgan fingerprint density at radius 2 is 2.19 bits per heavy atom. The summed E-state index contributed by atoms with van der Waals surface area (Å²) >= 11 is 0. The van der Waals surface area contributed by atoms with E-state index in [-0.39, 0.29) is 18.0 Å². The summed E-state index contributed by atoms with van der Waals surface area (Å²) in [5, 5.41) is 0.890. The van der Waals surface area contributed by atoms with E-state index >= 15 is 0 Å². The number of nitrogens with zero attached hydrogens (tertiary/aromatic N) is 2. The molecule has 0 aliphatic carbocycles. The first-order valence-electron chi connectivity index (χ1n) is 6.47. The molecule has 0 aliphatic rings. The summed E-state index contributed by atoms with van der Waals surface area (Å²) in [6, 6.07) is 7.55. The van der Waals surface area contributed by atoms with Crippen molar-refractivity contribution in [3.8, 4) is 11.4 Å². The van der Waals surface area contributed by atoms with Crippen molar-refractivity contribution < 1.29 is 13.9 Å². The van der Waals surface area contributed by atoms with E-state index in [1.807, 2.05) is 24.3 Å². The van der Waals surface area contributed by atoms with Gasteiger partial charge in [-0.25, -0.2) is 14.8 Å². The number of nitrogen functional groups attached to an aromatic ring is 1. The summed E-state index contributed by atoms with van der Waals surface area (Å²) in [5.74, 6) is -0.0344. The van der Waals surface area contributed by atoms with Crippen molar-refractivity contribution in [2.24, 2.45) is 0 Å². The number of hydrogen-bond acceptors (Lipinski definition) is 6. The molecule has 0 saturated heterocycles. The number of fused-ring (bicyclic) bond motifs is 1. The van der Waals surface area contributed by atoms with Gasteiger partial charge in [0, 0.05) is 11.6 Å². The second kappa shape index (κ2) is 5.24. The minimum absolute atomic E-state index is 0.0868. The van der Waals surface area contributed by atoms with E-state index in [9.17, 15) is 4.79 Å². The van der Waals surface area contributed by atoms with E-state index in [4.69, 9.17) is 14.9 Å². The molecular weight excluding hydrogens is 270 g/mol. The number of para-hydroxylation sites is 1. The summed E-state index contributed by atoms with van der Waals surface area (Å²) < 4.78 is 10.3. The number of aromatic nitrogens is 2. The maximum atomic E-state index is 11.7. The fourth-order valence-corrected chi connectivity index (χ4v) is 2.04. The van der Waals surface area contributed by atoms with E-state index < -0.39 is 5.97 Å². The number of carbonyl (C=O) groups is 1. The van der Waals surface area contributed by atoms with Gasteiger partial charge in [0.15, 0.2) is 5.82 Å². The largest absolute Gasteiger partial charge is 0.464 e. The van der Waals surface area contributed by atoms with Crippen LogP contribution in [0.3, 0.4) is 0 Å². The highest BCUT2D eigenvalue weighted by molar-refractivity contribution is 5.95. The lowest BCUT2D eigenvalue weighted by atomic mass is 10.1. The molecule has 0 fully saturated rings. The van der Waals surface area contributed by atoms with Crippen molar-refractivity contribution in [1.82, 2.24) is 9.97 Å². The number of rotatable bonds is 3. The molecule has 0 aliphatic heterocycles. The van der Waals surface area contributed by atoms with Crippen LogP contribution >= 0.6 is 0 Å². The number of hydrogen-bond donors (Lipinski definition) is 1. The van der Waals surface area contributed by atoms with Crippen molar-refractivity contribution in [3.63, 3.8) is 0 Å². The first-order valence-corrected chi connectivity index (χ1v) is 6.47. The molecule has 0 spiro atoms. The van der Waals surface area contributed by atoms with E-state index in [1.54, 1.807) is 13.2 Å². The molecule has 2 heterocycles. The third-order valence-corrected chi connectivity index (χ3v) is 3.04. The van der Waals surface area contributed by atoms with Crippen molar-refractivity contribution in [2.75, 3.05) is 12.3 Å². The predicted molar refractivity (Wildman–Crippen MR) is 77.6 cm³/mol. The Morgan fingerprint density at radius 1 is 1.38 bits per heavy atom. The number of carbonyl (C=O) groups excluding carboxylic acids is 1. The van der Waals surface area contributed by atoms with Gasteiger partial charge < -0.3 is 14.9 Å². The lowest BCUT2D eigenvalue weighted by molar-refractivity contribution is 0.0527. The van der Waals surface area contributed by atoms with Crippen molar-refractivity contribution in [3.05, 3.63) is 42.3 Å². The number of anilines is 1. The molecule has 0 amide bonds. The van der Waals surface area contributed by atoms with Crippen LogP contribution < -0.4 is 5.73 Å².